The van der Waals surface area contributed by atoms with Gasteiger partial charge in [0.2, 0.25) is 0 Å². The lowest BCUT2D eigenvalue weighted by Gasteiger charge is -2.15. The molecule has 0 spiro atoms. The number of aryl methyl sites for hydroxylation is 2. The normalized spacial score (nSPS) is 11.5. The number of benzene rings is 2. The van der Waals surface area contributed by atoms with Crippen LogP contribution in [-0.4, -0.2) is 15.4 Å². The summed E-state index contributed by atoms with van der Waals surface area (Å²) in [5.74, 6) is -1.15. The molecular formula is C21H17ClF3NO3S. The molecule has 0 fully saturated rings. The molecular weight excluding hydrogens is 439 g/mol. The lowest BCUT2D eigenvalue weighted by atomic mass is 10.0. The van der Waals surface area contributed by atoms with Gasteiger partial charge in [-0.15, -0.1) is 0 Å². The van der Waals surface area contributed by atoms with Crippen molar-refractivity contribution in [3.8, 4) is 16.2 Å². The average Bonchev–Trinajstić information content (AvgIpc) is 3.05. The van der Waals surface area contributed by atoms with E-state index in [1.165, 1.54) is 23.7 Å². The van der Waals surface area contributed by atoms with Gasteiger partial charge in [-0.1, -0.05) is 41.9 Å². The summed E-state index contributed by atoms with van der Waals surface area (Å²) in [6.07, 6.45) is -5.23. The van der Waals surface area contributed by atoms with E-state index in [1.807, 2.05) is 31.2 Å². The molecule has 3 rings (SSSR count). The first kappa shape index (κ1) is 22.1. The average molecular weight is 456 g/mol. The molecule has 1 aromatic heterocycles. The Morgan fingerprint density at radius 3 is 2.63 bits per heavy atom. The predicted molar refractivity (Wildman–Crippen MR) is 109 cm³/mol. The fraction of sp³-hybridized carbons (Fsp3) is 0.238. The molecule has 0 aliphatic rings. The topological polar surface area (TPSA) is 59.4 Å². The smallest absolute Gasteiger partial charge is 0.416 e. The molecule has 2 aromatic carbocycles. The second kappa shape index (κ2) is 9.06. The number of alkyl halides is 3. The number of carbonyl (C=O) groups is 1. The minimum Gasteiger partial charge on any atom is -0.489 e. The van der Waals surface area contributed by atoms with Gasteiger partial charge in [-0.3, -0.25) is 4.79 Å². The maximum atomic E-state index is 13.4. The fourth-order valence-electron chi connectivity index (χ4n) is 2.98. The van der Waals surface area contributed by atoms with Crippen molar-refractivity contribution in [2.75, 3.05) is 0 Å². The summed E-state index contributed by atoms with van der Waals surface area (Å²) >= 11 is 7.40. The third-order valence-electron chi connectivity index (χ3n) is 4.51. The summed E-state index contributed by atoms with van der Waals surface area (Å²) in [6, 6.07) is 11.2. The Kier molecular flexibility index (Phi) is 6.67. The van der Waals surface area contributed by atoms with E-state index < -0.39 is 17.7 Å². The highest BCUT2D eigenvalue weighted by molar-refractivity contribution is 7.10. The zero-order valence-corrected chi connectivity index (χ0v) is 17.4. The Balaban J connectivity index is 1.86. The molecule has 0 aliphatic heterocycles. The number of carboxylic acid groups (broad SMARTS) is 1. The van der Waals surface area contributed by atoms with Gasteiger partial charge in [-0.05, 0) is 53.7 Å². The standard InChI is InChI=1S/C21H17ClF3NO3S/c1-12-4-2-3-5-15(12)19-16(20(22)26-30-19)11-29-14-8-6-13(7-9-18(27)28)17(10-14)21(23,24)25/h2-6,8,10H,7,9,11H2,1H3,(H,27,28). The van der Waals surface area contributed by atoms with E-state index in [0.29, 0.717) is 5.56 Å². The Hall–Kier alpha value is -2.58. The lowest BCUT2D eigenvalue weighted by molar-refractivity contribution is -0.140. The molecule has 0 saturated carbocycles. The zero-order chi connectivity index (χ0) is 21.9. The molecule has 1 N–H and O–H groups in total. The highest BCUT2D eigenvalue weighted by atomic mass is 35.5. The summed E-state index contributed by atoms with van der Waals surface area (Å²) in [6.45, 7) is 1.89. The number of hydrogen-bond donors (Lipinski definition) is 1. The molecule has 0 aliphatic carbocycles. The van der Waals surface area contributed by atoms with Gasteiger partial charge in [0.25, 0.3) is 0 Å². The molecule has 0 radical (unpaired) electrons. The van der Waals surface area contributed by atoms with E-state index in [2.05, 4.69) is 4.37 Å². The van der Waals surface area contributed by atoms with Crippen molar-refractivity contribution in [3.05, 3.63) is 69.9 Å². The molecule has 158 valence electrons. The number of halogens is 4. The van der Waals surface area contributed by atoms with Crippen LogP contribution in [0.1, 0.15) is 28.7 Å². The zero-order valence-electron chi connectivity index (χ0n) is 15.8. The van der Waals surface area contributed by atoms with Crippen LogP contribution in [0.3, 0.4) is 0 Å². The third-order valence-corrected chi connectivity index (χ3v) is 5.84. The molecule has 0 amide bonds. The predicted octanol–water partition coefficient (Wildman–Crippen LogP) is 6.39. The van der Waals surface area contributed by atoms with Crippen LogP contribution in [0.5, 0.6) is 5.75 Å². The highest BCUT2D eigenvalue weighted by Gasteiger charge is 2.34. The van der Waals surface area contributed by atoms with Gasteiger partial charge < -0.3 is 9.84 Å². The van der Waals surface area contributed by atoms with Crippen molar-refractivity contribution >= 4 is 29.1 Å². The van der Waals surface area contributed by atoms with Crippen molar-refractivity contribution < 1.29 is 27.8 Å². The SMILES string of the molecule is Cc1ccccc1-c1snc(Cl)c1COc1ccc(CCC(=O)O)c(C(F)(F)F)c1. The van der Waals surface area contributed by atoms with Gasteiger partial charge in [-0.2, -0.15) is 17.5 Å². The monoisotopic (exact) mass is 455 g/mol. The minimum atomic E-state index is -4.62. The van der Waals surface area contributed by atoms with E-state index in [-0.39, 0.29) is 35.9 Å². The summed E-state index contributed by atoms with van der Waals surface area (Å²) in [5.41, 5.74) is 1.55. The van der Waals surface area contributed by atoms with Crippen LogP contribution in [0.2, 0.25) is 5.15 Å². The van der Waals surface area contributed by atoms with Crippen LogP contribution in [0.25, 0.3) is 10.4 Å². The fourth-order valence-corrected chi connectivity index (χ4v) is 4.16. The summed E-state index contributed by atoms with van der Waals surface area (Å²) < 4.78 is 50.0. The molecule has 0 saturated heterocycles. The number of carboxylic acids is 1. The van der Waals surface area contributed by atoms with Crippen LogP contribution in [0, 0.1) is 6.92 Å². The van der Waals surface area contributed by atoms with Gasteiger partial charge >= 0.3 is 12.1 Å². The Bertz CT molecular complexity index is 1070. The first-order chi connectivity index (χ1) is 14.2. The van der Waals surface area contributed by atoms with Crippen LogP contribution >= 0.6 is 23.1 Å². The van der Waals surface area contributed by atoms with Crippen LogP contribution in [-0.2, 0) is 24.0 Å². The molecule has 0 atom stereocenters. The maximum Gasteiger partial charge on any atom is 0.416 e. The summed E-state index contributed by atoms with van der Waals surface area (Å²) in [7, 11) is 0. The number of aliphatic carboxylic acids is 1. The first-order valence-electron chi connectivity index (χ1n) is 8.91. The molecule has 3 aromatic rings. The second-order valence-electron chi connectivity index (χ2n) is 6.60. The number of hydrogen-bond acceptors (Lipinski definition) is 4. The Labute approximate surface area is 180 Å². The molecule has 1 heterocycles. The first-order valence-corrected chi connectivity index (χ1v) is 10.1. The van der Waals surface area contributed by atoms with Crippen molar-refractivity contribution in [3.63, 3.8) is 0 Å². The second-order valence-corrected chi connectivity index (χ2v) is 7.73. The van der Waals surface area contributed by atoms with Crippen molar-refractivity contribution in [2.45, 2.75) is 32.5 Å². The third kappa shape index (κ3) is 5.12. The van der Waals surface area contributed by atoms with Gasteiger partial charge in [0.15, 0.2) is 0 Å². The van der Waals surface area contributed by atoms with Gasteiger partial charge in [0.1, 0.15) is 17.5 Å². The van der Waals surface area contributed by atoms with Crippen LogP contribution in [0.15, 0.2) is 42.5 Å². The highest BCUT2D eigenvalue weighted by Crippen LogP contribution is 2.37. The van der Waals surface area contributed by atoms with E-state index in [0.717, 1.165) is 22.1 Å². The van der Waals surface area contributed by atoms with Crippen molar-refractivity contribution in [2.24, 2.45) is 0 Å². The van der Waals surface area contributed by atoms with Gasteiger partial charge in [-0.25, -0.2) is 0 Å². The quantitative estimate of drug-likeness (QED) is 0.448. The Morgan fingerprint density at radius 2 is 1.97 bits per heavy atom. The largest absolute Gasteiger partial charge is 0.489 e. The number of rotatable bonds is 7. The lowest BCUT2D eigenvalue weighted by Crippen LogP contribution is -2.11. The molecule has 0 unspecified atom stereocenters. The number of nitrogens with zero attached hydrogens (tertiary/aromatic N) is 1. The van der Waals surface area contributed by atoms with E-state index in [4.69, 9.17) is 21.4 Å². The molecule has 0 bridgehead atoms. The summed E-state index contributed by atoms with van der Waals surface area (Å²) in [4.78, 5) is 11.5. The van der Waals surface area contributed by atoms with Crippen LogP contribution in [0.4, 0.5) is 13.2 Å². The van der Waals surface area contributed by atoms with Crippen molar-refractivity contribution in [1.29, 1.82) is 0 Å². The minimum absolute atomic E-state index is 0.0133. The molecule has 30 heavy (non-hydrogen) atoms. The molecule has 4 nitrogen and oxygen atoms in total. The molecule has 9 heteroatoms. The van der Waals surface area contributed by atoms with E-state index >= 15 is 0 Å². The van der Waals surface area contributed by atoms with E-state index in [9.17, 15) is 18.0 Å². The maximum absolute atomic E-state index is 13.4. The number of aromatic nitrogens is 1. The van der Waals surface area contributed by atoms with Gasteiger partial charge in [0, 0.05) is 12.0 Å². The Morgan fingerprint density at radius 1 is 1.23 bits per heavy atom. The number of ether oxygens (including phenoxy) is 1. The van der Waals surface area contributed by atoms with Gasteiger partial charge in [0.05, 0.1) is 10.4 Å². The van der Waals surface area contributed by atoms with Crippen LogP contribution < -0.4 is 4.74 Å². The van der Waals surface area contributed by atoms with Crippen molar-refractivity contribution in [1.82, 2.24) is 4.37 Å². The van der Waals surface area contributed by atoms with E-state index in [1.54, 1.807) is 0 Å². The summed E-state index contributed by atoms with van der Waals surface area (Å²) in [5, 5.41) is 9.00.